The van der Waals surface area contributed by atoms with Crippen molar-refractivity contribution in [2.24, 2.45) is 0 Å². The van der Waals surface area contributed by atoms with Crippen LogP contribution in [0.1, 0.15) is 48.0 Å². The lowest BCUT2D eigenvalue weighted by Gasteiger charge is -2.44. The number of aromatic nitrogens is 5. The molecule has 5 rings (SSSR count). The summed E-state index contributed by atoms with van der Waals surface area (Å²) in [6, 6.07) is 7.75. The molecule has 156 valence electrons. The number of carbonyl (C=O) groups is 1. The van der Waals surface area contributed by atoms with Crippen LogP contribution in [-0.2, 0) is 6.54 Å². The predicted octanol–water partition coefficient (Wildman–Crippen LogP) is 2.83. The number of amides is 1. The number of aromatic amines is 1. The van der Waals surface area contributed by atoms with E-state index < -0.39 is 0 Å². The van der Waals surface area contributed by atoms with Crippen molar-refractivity contribution in [2.45, 2.75) is 44.3 Å². The molecule has 2 aliphatic rings. The zero-order chi connectivity index (χ0) is 20.7. The Kier molecular flexibility index (Phi) is 4.65. The first kappa shape index (κ1) is 18.7. The average molecular weight is 408 g/mol. The van der Waals surface area contributed by atoms with Crippen molar-refractivity contribution >= 4 is 5.91 Å². The van der Waals surface area contributed by atoms with Crippen LogP contribution in [0.5, 0.6) is 11.5 Å². The highest BCUT2D eigenvalue weighted by molar-refractivity contribution is 5.92. The maximum absolute atomic E-state index is 13.1. The molecule has 0 spiro atoms. The van der Waals surface area contributed by atoms with Gasteiger partial charge in [0, 0.05) is 11.8 Å². The molecule has 2 atom stereocenters. The van der Waals surface area contributed by atoms with Crippen LogP contribution < -0.4 is 9.47 Å². The van der Waals surface area contributed by atoms with E-state index in [-0.39, 0.29) is 18.0 Å². The minimum Gasteiger partial charge on any atom is -0.493 e. The van der Waals surface area contributed by atoms with Gasteiger partial charge in [-0.2, -0.15) is 5.10 Å². The van der Waals surface area contributed by atoms with E-state index in [4.69, 9.17) is 9.47 Å². The van der Waals surface area contributed by atoms with Crippen LogP contribution in [0.15, 0.2) is 30.5 Å². The fourth-order valence-corrected chi connectivity index (χ4v) is 4.73. The number of hydrogen-bond donors (Lipinski definition) is 1. The van der Waals surface area contributed by atoms with Crippen molar-refractivity contribution in [1.82, 2.24) is 29.9 Å². The summed E-state index contributed by atoms with van der Waals surface area (Å²) in [5.41, 5.74) is 1.43. The summed E-state index contributed by atoms with van der Waals surface area (Å²) in [5.74, 6) is 2.89. The Balaban J connectivity index is 1.56. The Labute approximate surface area is 174 Å². The van der Waals surface area contributed by atoms with E-state index in [9.17, 15) is 4.79 Å². The Bertz CT molecular complexity index is 1060. The van der Waals surface area contributed by atoms with Gasteiger partial charge in [-0.3, -0.25) is 9.89 Å². The Morgan fingerprint density at radius 2 is 1.87 bits per heavy atom. The molecule has 0 radical (unpaired) electrons. The molecular weight excluding hydrogens is 384 g/mol. The lowest BCUT2D eigenvalue weighted by molar-refractivity contribution is 0.0415. The third kappa shape index (κ3) is 2.92. The van der Waals surface area contributed by atoms with Crippen molar-refractivity contribution in [2.75, 3.05) is 14.2 Å². The van der Waals surface area contributed by atoms with Gasteiger partial charge < -0.3 is 18.9 Å². The Hall–Kier alpha value is -3.36. The summed E-state index contributed by atoms with van der Waals surface area (Å²) in [6.45, 7) is 0.430. The van der Waals surface area contributed by atoms with Crippen LogP contribution in [0.3, 0.4) is 0 Å². The van der Waals surface area contributed by atoms with Gasteiger partial charge in [0.2, 0.25) is 0 Å². The lowest BCUT2D eigenvalue weighted by atomic mass is 9.87. The molecular formula is C21H24N6O3. The largest absolute Gasteiger partial charge is 0.493 e. The maximum Gasteiger partial charge on any atom is 0.272 e. The van der Waals surface area contributed by atoms with Crippen molar-refractivity contribution in [3.63, 3.8) is 0 Å². The number of H-pyrrole nitrogens is 1. The van der Waals surface area contributed by atoms with E-state index in [0.717, 1.165) is 42.9 Å². The number of carbonyl (C=O) groups excluding carboxylic acids is 1. The third-order valence-electron chi connectivity index (χ3n) is 6.14. The molecule has 0 bridgehead atoms. The van der Waals surface area contributed by atoms with Crippen LogP contribution in [-0.4, -0.2) is 56.0 Å². The minimum absolute atomic E-state index is 0.0358. The number of nitrogens with zero attached hydrogens (tertiary/aromatic N) is 5. The number of rotatable bonds is 4. The van der Waals surface area contributed by atoms with E-state index in [2.05, 4.69) is 25.0 Å². The van der Waals surface area contributed by atoms with Crippen LogP contribution in [0.4, 0.5) is 0 Å². The zero-order valence-corrected chi connectivity index (χ0v) is 17.0. The smallest absolute Gasteiger partial charge is 0.272 e. The molecule has 3 aromatic rings. The molecule has 1 fully saturated rings. The van der Waals surface area contributed by atoms with E-state index in [1.54, 1.807) is 26.5 Å². The third-order valence-corrected chi connectivity index (χ3v) is 6.14. The van der Waals surface area contributed by atoms with Gasteiger partial charge in [-0.05, 0) is 37.1 Å². The van der Waals surface area contributed by atoms with Gasteiger partial charge in [0.1, 0.15) is 5.69 Å². The maximum atomic E-state index is 13.1. The van der Waals surface area contributed by atoms with Crippen LogP contribution in [0, 0.1) is 0 Å². The standard InChI is InChI=1S/C21H24N6O3/c1-29-17-8-7-13(11-18(17)30-2)20-25-24-19-12-26(21(28)14-9-10-22-23-14)15-5-3-4-6-16(15)27(19)20/h7-11,15-16H,3-6,12H2,1-2H3,(H,22,23)/t15-,16-/m1/s1. The summed E-state index contributed by atoms with van der Waals surface area (Å²) < 4.78 is 13.1. The molecule has 0 unspecified atom stereocenters. The van der Waals surface area contributed by atoms with Crippen LogP contribution in [0.25, 0.3) is 11.4 Å². The SMILES string of the molecule is COc1ccc(-c2nnc3n2[C@@H]2CCCC[C@H]2N(C(=O)c2ccn[nH]2)C3)cc1OC. The molecule has 1 N–H and O–H groups in total. The van der Waals surface area contributed by atoms with E-state index >= 15 is 0 Å². The normalized spacial score (nSPS) is 20.4. The topological polar surface area (TPSA) is 98.2 Å². The number of fused-ring (bicyclic) bond motifs is 3. The van der Waals surface area contributed by atoms with Gasteiger partial charge in [0.25, 0.3) is 5.91 Å². The summed E-state index contributed by atoms with van der Waals surface area (Å²) >= 11 is 0. The first-order valence-electron chi connectivity index (χ1n) is 10.2. The highest BCUT2D eigenvalue weighted by atomic mass is 16.5. The monoisotopic (exact) mass is 408 g/mol. The summed E-state index contributed by atoms with van der Waals surface area (Å²) in [4.78, 5) is 15.1. The predicted molar refractivity (Wildman–Crippen MR) is 108 cm³/mol. The number of hydrogen-bond acceptors (Lipinski definition) is 6. The molecule has 1 amide bonds. The molecule has 3 heterocycles. The quantitative estimate of drug-likeness (QED) is 0.713. The number of methoxy groups -OCH3 is 2. The molecule has 9 heteroatoms. The fraction of sp³-hybridized carbons (Fsp3) is 0.429. The summed E-state index contributed by atoms with van der Waals surface area (Å²) in [7, 11) is 3.24. The van der Waals surface area contributed by atoms with Crippen LogP contribution >= 0.6 is 0 Å². The second kappa shape index (κ2) is 7.47. The van der Waals surface area contributed by atoms with Gasteiger partial charge in [-0.1, -0.05) is 12.8 Å². The first-order valence-corrected chi connectivity index (χ1v) is 10.2. The van der Waals surface area contributed by atoms with E-state index in [1.165, 1.54) is 0 Å². The molecule has 0 saturated heterocycles. The Morgan fingerprint density at radius 3 is 2.60 bits per heavy atom. The van der Waals surface area contributed by atoms with Gasteiger partial charge in [0.15, 0.2) is 23.1 Å². The van der Waals surface area contributed by atoms with Crippen molar-refractivity contribution in [1.29, 1.82) is 0 Å². The molecule has 1 aliphatic heterocycles. The van der Waals surface area contributed by atoms with E-state index in [1.807, 2.05) is 23.1 Å². The summed E-state index contributed by atoms with van der Waals surface area (Å²) in [6.07, 6.45) is 5.79. The molecule has 30 heavy (non-hydrogen) atoms. The van der Waals surface area contributed by atoms with Gasteiger partial charge >= 0.3 is 0 Å². The van der Waals surface area contributed by atoms with Gasteiger partial charge in [-0.25, -0.2) is 0 Å². The van der Waals surface area contributed by atoms with Gasteiger partial charge in [0.05, 0.1) is 32.8 Å². The molecule has 2 aromatic heterocycles. The summed E-state index contributed by atoms with van der Waals surface area (Å²) in [5, 5.41) is 15.7. The van der Waals surface area contributed by atoms with E-state index in [0.29, 0.717) is 23.7 Å². The number of nitrogens with one attached hydrogen (secondary N) is 1. The average Bonchev–Trinajstić information content (AvgIpc) is 3.48. The van der Waals surface area contributed by atoms with Crippen molar-refractivity contribution in [3.8, 4) is 22.9 Å². The minimum atomic E-state index is -0.0358. The molecule has 9 nitrogen and oxygen atoms in total. The second-order valence-electron chi connectivity index (χ2n) is 7.70. The fourth-order valence-electron chi connectivity index (χ4n) is 4.73. The van der Waals surface area contributed by atoms with Gasteiger partial charge in [-0.15, -0.1) is 10.2 Å². The second-order valence-corrected chi connectivity index (χ2v) is 7.70. The highest BCUT2D eigenvalue weighted by Gasteiger charge is 2.41. The molecule has 1 saturated carbocycles. The molecule has 1 aliphatic carbocycles. The lowest BCUT2D eigenvalue weighted by Crippen LogP contribution is -2.50. The first-order chi connectivity index (χ1) is 14.7. The number of benzene rings is 1. The van der Waals surface area contributed by atoms with Crippen molar-refractivity contribution in [3.05, 3.63) is 42.0 Å². The van der Waals surface area contributed by atoms with Crippen LogP contribution in [0.2, 0.25) is 0 Å². The zero-order valence-electron chi connectivity index (χ0n) is 17.0. The molecule has 1 aromatic carbocycles. The highest BCUT2D eigenvalue weighted by Crippen LogP contribution is 2.41. The number of ether oxygens (including phenoxy) is 2. The Morgan fingerprint density at radius 1 is 1.07 bits per heavy atom. The van der Waals surface area contributed by atoms with Crippen molar-refractivity contribution < 1.29 is 14.3 Å².